The van der Waals surface area contributed by atoms with E-state index in [-0.39, 0.29) is 46.0 Å². The number of benzene rings is 2. The van der Waals surface area contributed by atoms with Gasteiger partial charge in [-0.15, -0.1) is 5.75 Å². The molecule has 0 bridgehead atoms. The largest absolute Gasteiger partial charge is 1.00 e. The normalized spacial score (nSPS) is 11.1. The number of hydrogen-bond donors (Lipinski definition) is 1. The van der Waals surface area contributed by atoms with Crippen LogP contribution in [-0.2, 0) is 16.5 Å². The molecular weight excluding hydrogens is 387 g/mol. The molecule has 0 radical (unpaired) electrons. The standard InChI is InChI=1S/C21H28O5S.Na/c1-2-3-4-5-6-7-8-10-17-11-9-12-20(21(17)27(23,24)25)26-19-15-13-18(22)14-16-19;/h9,11-16,22H,2-8,10H2,1H3,(H,23,24,25);/q;+1/p-1. The SMILES string of the molecule is CCCCCCCCCc1cccc(Oc2ccc([O-])cc2)c1S(=O)(=O)O.[Na+]. The second kappa shape index (κ2) is 12.5. The van der Waals surface area contributed by atoms with E-state index in [1.165, 1.54) is 56.0 Å². The Morgan fingerprint density at radius 2 is 1.54 bits per heavy atom. The van der Waals surface area contributed by atoms with Gasteiger partial charge in [0.05, 0.1) is 0 Å². The molecule has 2 aromatic rings. The fourth-order valence-electron chi connectivity index (χ4n) is 3.04. The van der Waals surface area contributed by atoms with Crippen molar-refractivity contribution < 1.29 is 52.4 Å². The molecule has 7 heteroatoms. The zero-order valence-electron chi connectivity index (χ0n) is 16.7. The van der Waals surface area contributed by atoms with Crippen LogP contribution in [-0.4, -0.2) is 13.0 Å². The Hall–Kier alpha value is -1.05. The first kappa shape index (κ1) is 25.0. The molecule has 0 heterocycles. The summed E-state index contributed by atoms with van der Waals surface area (Å²) in [7, 11) is -4.43. The summed E-state index contributed by atoms with van der Waals surface area (Å²) in [5, 5.41) is 11.2. The van der Waals surface area contributed by atoms with E-state index in [1.54, 1.807) is 12.1 Å². The Kier molecular flexibility index (Phi) is 11.2. The first-order valence-electron chi connectivity index (χ1n) is 9.46. The number of unbranched alkanes of at least 4 members (excludes halogenated alkanes) is 6. The first-order valence-corrected chi connectivity index (χ1v) is 10.9. The van der Waals surface area contributed by atoms with Crippen LogP contribution in [0.3, 0.4) is 0 Å². The second-order valence-electron chi connectivity index (χ2n) is 6.66. The molecule has 28 heavy (non-hydrogen) atoms. The smallest absolute Gasteiger partial charge is 0.872 e. The quantitative estimate of drug-likeness (QED) is 0.346. The number of ether oxygens (including phenoxy) is 1. The van der Waals surface area contributed by atoms with E-state index in [1.807, 2.05) is 0 Å². The zero-order valence-corrected chi connectivity index (χ0v) is 19.5. The number of aryl methyl sites for hydroxylation is 1. The van der Waals surface area contributed by atoms with Crippen LogP contribution < -0.4 is 39.4 Å². The third kappa shape index (κ3) is 8.13. The van der Waals surface area contributed by atoms with E-state index in [0.717, 1.165) is 19.3 Å². The molecule has 0 atom stereocenters. The van der Waals surface area contributed by atoms with Gasteiger partial charge in [0.1, 0.15) is 16.4 Å². The Bertz CT molecular complexity index is 819. The Labute approximate surface area is 190 Å². The third-order valence-corrected chi connectivity index (χ3v) is 5.40. The van der Waals surface area contributed by atoms with E-state index < -0.39 is 10.1 Å². The van der Waals surface area contributed by atoms with Gasteiger partial charge in [-0.05, 0) is 36.6 Å². The van der Waals surface area contributed by atoms with E-state index in [9.17, 15) is 18.1 Å². The van der Waals surface area contributed by atoms with E-state index in [0.29, 0.717) is 17.7 Å². The minimum atomic E-state index is -4.43. The van der Waals surface area contributed by atoms with Crippen molar-refractivity contribution in [1.82, 2.24) is 0 Å². The maximum Gasteiger partial charge on any atom is 1.00 e. The molecule has 0 aromatic heterocycles. The predicted molar refractivity (Wildman–Crippen MR) is 104 cm³/mol. The molecule has 0 amide bonds. The van der Waals surface area contributed by atoms with E-state index in [2.05, 4.69) is 6.92 Å². The molecule has 0 unspecified atom stereocenters. The van der Waals surface area contributed by atoms with Gasteiger partial charge >= 0.3 is 29.6 Å². The van der Waals surface area contributed by atoms with Crippen molar-refractivity contribution in [3.8, 4) is 17.2 Å². The summed E-state index contributed by atoms with van der Waals surface area (Å²) in [4.78, 5) is -0.192. The Morgan fingerprint density at radius 3 is 2.14 bits per heavy atom. The van der Waals surface area contributed by atoms with Crippen molar-refractivity contribution in [2.24, 2.45) is 0 Å². The van der Waals surface area contributed by atoms with Gasteiger partial charge in [-0.25, -0.2) is 0 Å². The minimum Gasteiger partial charge on any atom is -0.872 e. The first-order chi connectivity index (χ1) is 12.9. The molecule has 2 aromatic carbocycles. The van der Waals surface area contributed by atoms with E-state index in [4.69, 9.17) is 4.74 Å². The topological polar surface area (TPSA) is 86.7 Å². The van der Waals surface area contributed by atoms with Gasteiger partial charge in [0.15, 0.2) is 0 Å². The van der Waals surface area contributed by atoms with Crippen molar-refractivity contribution in [2.75, 3.05) is 0 Å². The third-order valence-electron chi connectivity index (χ3n) is 4.42. The van der Waals surface area contributed by atoms with Gasteiger partial charge in [0.2, 0.25) is 0 Å². The monoisotopic (exact) mass is 414 g/mol. The van der Waals surface area contributed by atoms with Crippen LogP contribution in [0.15, 0.2) is 47.4 Å². The van der Waals surface area contributed by atoms with Gasteiger partial charge in [-0.2, -0.15) is 8.42 Å². The maximum atomic E-state index is 12.0. The summed E-state index contributed by atoms with van der Waals surface area (Å²) in [6.07, 6.45) is 8.43. The Balaban J connectivity index is 0.00000392. The van der Waals surface area contributed by atoms with Crippen LogP contribution in [0.2, 0.25) is 0 Å². The maximum absolute atomic E-state index is 12.0. The van der Waals surface area contributed by atoms with Crippen LogP contribution in [0.1, 0.15) is 57.4 Å². The molecule has 2 rings (SSSR count). The summed E-state index contributed by atoms with van der Waals surface area (Å²) in [6.45, 7) is 2.18. The molecule has 0 saturated carbocycles. The fraction of sp³-hybridized carbons (Fsp3) is 0.429. The zero-order chi connectivity index (χ0) is 19.7. The van der Waals surface area contributed by atoms with Crippen molar-refractivity contribution in [1.29, 1.82) is 0 Å². The average molecular weight is 414 g/mol. The molecule has 148 valence electrons. The van der Waals surface area contributed by atoms with Crippen LogP contribution in [0.5, 0.6) is 17.2 Å². The van der Waals surface area contributed by atoms with Gasteiger partial charge in [-0.3, -0.25) is 4.55 Å². The summed E-state index contributed by atoms with van der Waals surface area (Å²) in [6, 6.07) is 10.5. The van der Waals surface area contributed by atoms with Crippen molar-refractivity contribution >= 4 is 10.1 Å². The molecule has 0 spiro atoms. The van der Waals surface area contributed by atoms with Crippen molar-refractivity contribution in [3.63, 3.8) is 0 Å². The van der Waals surface area contributed by atoms with Crippen LogP contribution in [0.25, 0.3) is 0 Å². The van der Waals surface area contributed by atoms with Gasteiger partial charge in [0, 0.05) is 0 Å². The van der Waals surface area contributed by atoms with E-state index >= 15 is 0 Å². The van der Waals surface area contributed by atoms with Gasteiger partial charge < -0.3 is 9.84 Å². The average Bonchev–Trinajstić information content (AvgIpc) is 2.62. The van der Waals surface area contributed by atoms with Crippen molar-refractivity contribution in [2.45, 2.75) is 63.2 Å². The summed E-state index contributed by atoms with van der Waals surface area (Å²) in [5.74, 6) is 0.245. The molecule has 0 aliphatic carbocycles. The number of rotatable bonds is 11. The Morgan fingerprint density at radius 1 is 0.929 bits per heavy atom. The van der Waals surface area contributed by atoms with Crippen LogP contribution in [0.4, 0.5) is 0 Å². The summed E-state index contributed by atoms with van der Waals surface area (Å²) < 4.78 is 39.2. The van der Waals surface area contributed by atoms with Crippen LogP contribution >= 0.6 is 0 Å². The molecule has 0 saturated heterocycles. The molecule has 1 N–H and O–H groups in total. The summed E-state index contributed by atoms with van der Waals surface area (Å²) in [5.41, 5.74) is 0.545. The fourth-order valence-corrected chi connectivity index (χ4v) is 3.90. The van der Waals surface area contributed by atoms with Gasteiger partial charge in [0.25, 0.3) is 10.1 Å². The molecule has 0 aliphatic rings. The molecular formula is C21H27NaO5S. The minimum absolute atomic E-state index is 0. The van der Waals surface area contributed by atoms with Crippen LogP contribution in [0, 0.1) is 0 Å². The molecule has 0 aliphatic heterocycles. The molecule has 0 fully saturated rings. The summed E-state index contributed by atoms with van der Waals surface area (Å²) >= 11 is 0. The van der Waals surface area contributed by atoms with Gasteiger partial charge in [-0.1, -0.05) is 69.7 Å². The second-order valence-corrected chi connectivity index (χ2v) is 8.02. The predicted octanol–water partition coefficient (Wildman–Crippen LogP) is 2.10. The van der Waals surface area contributed by atoms with Crippen molar-refractivity contribution in [3.05, 3.63) is 48.0 Å². The number of hydrogen-bond acceptors (Lipinski definition) is 4. The molecule has 5 nitrogen and oxygen atoms in total.